The molecule has 1 N–H and O–H groups in total. The third kappa shape index (κ3) is 5.88. The lowest BCUT2D eigenvalue weighted by atomic mass is 10.2. The van der Waals surface area contributed by atoms with E-state index in [1.165, 1.54) is 4.80 Å². The molecule has 0 radical (unpaired) electrons. The third-order valence-electron chi connectivity index (χ3n) is 5.20. The van der Waals surface area contributed by atoms with Crippen LogP contribution < -0.4 is 10.1 Å². The number of ether oxygens (including phenoxy) is 3. The summed E-state index contributed by atoms with van der Waals surface area (Å²) in [5, 5.41) is 15.4. The van der Waals surface area contributed by atoms with Crippen molar-refractivity contribution >= 4 is 5.91 Å². The van der Waals surface area contributed by atoms with E-state index in [-0.39, 0.29) is 23.8 Å². The van der Waals surface area contributed by atoms with Crippen LogP contribution in [-0.4, -0.2) is 68.6 Å². The standard InChI is InChI=1S/C22H27N7O4/c1-4-16-12-33-18(13-32-16)11-29-27-21(26-28-29)19-9-20(25-14(2)24-19)22(30)23-10-15-6-5-7-17(8-15)31-3/h5-9,16,18H,4,10-13H2,1-3H3,(H,23,30). The number of aryl methyl sites for hydroxylation is 1. The predicted molar refractivity (Wildman–Crippen MR) is 118 cm³/mol. The third-order valence-corrected chi connectivity index (χ3v) is 5.20. The Hall–Kier alpha value is -3.44. The maximum absolute atomic E-state index is 12.7. The molecule has 4 rings (SSSR count). The van der Waals surface area contributed by atoms with Crippen LogP contribution in [0.2, 0.25) is 0 Å². The van der Waals surface area contributed by atoms with Crippen LogP contribution in [0.5, 0.6) is 5.75 Å². The average Bonchev–Trinajstić information content (AvgIpc) is 3.31. The van der Waals surface area contributed by atoms with Crippen molar-refractivity contribution in [3.05, 3.63) is 47.4 Å². The van der Waals surface area contributed by atoms with Gasteiger partial charge in [0.05, 0.1) is 33.0 Å². The highest BCUT2D eigenvalue weighted by Gasteiger charge is 2.23. The molecule has 11 nitrogen and oxygen atoms in total. The maximum Gasteiger partial charge on any atom is 0.270 e. The molecule has 1 aliphatic rings. The van der Waals surface area contributed by atoms with Gasteiger partial charge in [0.15, 0.2) is 0 Å². The number of hydrogen-bond donors (Lipinski definition) is 1. The maximum atomic E-state index is 12.7. The number of nitrogens with one attached hydrogen (secondary N) is 1. The van der Waals surface area contributed by atoms with Crippen LogP contribution in [0.3, 0.4) is 0 Å². The minimum absolute atomic E-state index is 0.137. The summed E-state index contributed by atoms with van der Waals surface area (Å²) in [5.41, 5.74) is 1.57. The Morgan fingerprint density at radius 1 is 1.21 bits per heavy atom. The Morgan fingerprint density at radius 2 is 2.03 bits per heavy atom. The summed E-state index contributed by atoms with van der Waals surface area (Å²) in [4.78, 5) is 22.8. The predicted octanol–water partition coefficient (Wildman–Crippen LogP) is 1.57. The van der Waals surface area contributed by atoms with E-state index in [1.54, 1.807) is 20.1 Å². The van der Waals surface area contributed by atoms with Gasteiger partial charge in [-0.15, -0.1) is 10.2 Å². The molecule has 0 bridgehead atoms. The van der Waals surface area contributed by atoms with Gasteiger partial charge in [0.1, 0.15) is 29.1 Å². The molecule has 1 amide bonds. The molecule has 1 aromatic carbocycles. The molecular weight excluding hydrogens is 426 g/mol. The van der Waals surface area contributed by atoms with Gasteiger partial charge < -0.3 is 19.5 Å². The van der Waals surface area contributed by atoms with Gasteiger partial charge >= 0.3 is 0 Å². The van der Waals surface area contributed by atoms with E-state index in [2.05, 4.69) is 37.6 Å². The number of carbonyl (C=O) groups excluding carboxylic acids is 1. The highest BCUT2D eigenvalue weighted by Crippen LogP contribution is 2.15. The van der Waals surface area contributed by atoms with Crippen LogP contribution in [0, 0.1) is 6.92 Å². The van der Waals surface area contributed by atoms with Gasteiger partial charge in [0.2, 0.25) is 5.82 Å². The first-order valence-electron chi connectivity index (χ1n) is 10.8. The average molecular weight is 454 g/mol. The highest BCUT2D eigenvalue weighted by atomic mass is 16.6. The summed E-state index contributed by atoms with van der Waals surface area (Å²) in [6.45, 7) is 5.58. The molecule has 0 saturated carbocycles. The van der Waals surface area contributed by atoms with Crippen LogP contribution in [0.1, 0.15) is 35.2 Å². The number of tetrazole rings is 1. The summed E-state index contributed by atoms with van der Waals surface area (Å²) < 4.78 is 16.8. The number of benzene rings is 1. The van der Waals surface area contributed by atoms with Gasteiger partial charge in [-0.2, -0.15) is 4.80 Å². The van der Waals surface area contributed by atoms with E-state index in [0.717, 1.165) is 17.7 Å². The van der Waals surface area contributed by atoms with E-state index >= 15 is 0 Å². The van der Waals surface area contributed by atoms with Gasteiger partial charge in [-0.25, -0.2) is 9.97 Å². The number of nitrogens with zero attached hydrogens (tertiary/aromatic N) is 6. The van der Waals surface area contributed by atoms with Gasteiger partial charge in [-0.3, -0.25) is 4.79 Å². The van der Waals surface area contributed by atoms with Crippen LogP contribution in [0.4, 0.5) is 0 Å². The normalized spacial score (nSPS) is 18.2. The topological polar surface area (TPSA) is 126 Å². The summed E-state index contributed by atoms with van der Waals surface area (Å²) in [7, 11) is 1.60. The molecule has 2 unspecified atom stereocenters. The fraction of sp³-hybridized carbons (Fsp3) is 0.455. The van der Waals surface area contributed by atoms with Crippen LogP contribution in [-0.2, 0) is 22.6 Å². The van der Waals surface area contributed by atoms with Gasteiger partial charge in [-0.1, -0.05) is 19.1 Å². The fourth-order valence-corrected chi connectivity index (χ4v) is 3.38. The van der Waals surface area contributed by atoms with Crippen molar-refractivity contribution in [1.82, 2.24) is 35.5 Å². The first kappa shape index (κ1) is 22.7. The zero-order chi connectivity index (χ0) is 23.2. The molecule has 0 aliphatic carbocycles. The Morgan fingerprint density at radius 3 is 2.79 bits per heavy atom. The zero-order valence-electron chi connectivity index (χ0n) is 18.9. The Balaban J connectivity index is 1.41. The van der Waals surface area contributed by atoms with Crippen molar-refractivity contribution in [1.29, 1.82) is 0 Å². The summed E-state index contributed by atoms with van der Waals surface area (Å²) >= 11 is 0. The second kappa shape index (κ2) is 10.5. The molecule has 174 valence electrons. The monoisotopic (exact) mass is 453 g/mol. The van der Waals surface area contributed by atoms with Gasteiger partial charge in [0, 0.05) is 6.54 Å². The van der Waals surface area contributed by atoms with Crippen molar-refractivity contribution in [2.24, 2.45) is 0 Å². The largest absolute Gasteiger partial charge is 0.497 e. The van der Waals surface area contributed by atoms with E-state index in [0.29, 0.717) is 43.6 Å². The molecule has 1 fully saturated rings. The molecule has 1 aliphatic heterocycles. The first-order valence-corrected chi connectivity index (χ1v) is 10.8. The Kier molecular flexibility index (Phi) is 7.20. The molecule has 11 heteroatoms. The van der Waals surface area contributed by atoms with E-state index in [9.17, 15) is 4.79 Å². The van der Waals surface area contributed by atoms with Crippen LogP contribution in [0.15, 0.2) is 30.3 Å². The van der Waals surface area contributed by atoms with Gasteiger partial charge in [-0.05, 0) is 42.3 Å². The summed E-state index contributed by atoms with van der Waals surface area (Å²) in [6.07, 6.45) is 0.916. The summed E-state index contributed by atoms with van der Waals surface area (Å²) in [5.74, 6) is 1.15. The first-order chi connectivity index (χ1) is 16.0. The lowest BCUT2D eigenvalue weighted by molar-refractivity contribution is -0.139. The highest BCUT2D eigenvalue weighted by molar-refractivity contribution is 5.93. The number of rotatable bonds is 8. The zero-order valence-corrected chi connectivity index (χ0v) is 18.9. The summed E-state index contributed by atoms with van der Waals surface area (Å²) in [6, 6.07) is 9.05. The minimum atomic E-state index is -0.324. The van der Waals surface area contributed by atoms with Crippen molar-refractivity contribution in [3.8, 4) is 17.3 Å². The number of aromatic nitrogens is 6. The lowest BCUT2D eigenvalue weighted by Crippen LogP contribution is -2.38. The van der Waals surface area contributed by atoms with Gasteiger partial charge in [0.25, 0.3) is 5.91 Å². The van der Waals surface area contributed by atoms with Crippen molar-refractivity contribution in [2.75, 3.05) is 20.3 Å². The fourth-order valence-electron chi connectivity index (χ4n) is 3.38. The van der Waals surface area contributed by atoms with E-state index in [1.807, 2.05) is 24.3 Å². The smallest absolute Gasteiger partial charge is 0.270 e. The molecule has 0 spiro atoms. The molecular formula is C22H27N7O4. The van der Waals surface area contributed by atoms with E-state index in [4.69, 9.17) is 14.2 Å². The number of amides is 1. The second-order valence-corrected chi connectivity index (χ2v) is 7.71. The minimum Gasteiger partial charge on any atom is -0.497 e. The van der Waals surface area contributed by atoms with Crippen molar-refractivity contribution < 1.29 is 19.0 Å². The van der Waals surface area contributed by atoms with E-state index < -0.39 is 0 Å². The SMILES string of the molecule is CCC1COC(Cn2nnc(-c3cc(C(=O)NCc4cccc(OC)c4)nc(C)n3)n2)CO1. The van der Waals surface area contributed by atoms with Crippen LogP contribution >= 0.6 is 0 Å². The molecule has 33 heavy (non-hydrogen) atoms. The second-order valence-electron chi connectivity index (χ2n) is 7.71. The number of hydrogen-bond acceptors (Lipinski definition) is 9. The number of carbonyl (C=O) groups is 1. The quantitative estimate of drug-likeness (QED) is 0.541. The molecule has 3 heterocycles. The molecule has 3 aromatic rings. The Labute approximate surface area is 191 Å². The van der Waals surface area contributed by atoms with Crippen molar-refractivity contribution in [3.63, 3.8) is 0 Å². The number of methoxy groups -OCH3 is 1. The molecule has 2 atom stereocenters. The molecule has 1 saturated heterocycles. The molecule has 2 aromatic heterocycles. The van der Waals surface area contributed by atoms with Crippen molar-refractivity contribution in [2.45, 2.75) is 45.6 Å². The lowest BCUT2D eigenvalue weighted by Gasteiger charge is -2.28. The Bertz CT molecular complexity index is 1100. The van der Waals surface area contributed by atoms with Crippen LogP contribution in [0.25, 0.3) is 11.5 Å².